The van der Waals surface area contributed by atoms with Crippen LogP contribution in [0.4, 0.5) is 0 Å². The van der Waals surface area contributed by atoms with Crippen LogP contribution in [0.25, 0.3) is 0 Å². The van der Waals surface area contributed by atoms with Crippen molar-refractivity contribution in [3.63, 3.8) is 0 Å². The molecule has 0 radical (unpaired) electrons. The molecule has 1 amide bonds. The van der Waals surface area contributed by atoms with Gasteiger partial charge in [0, 0.05) is 37.9 Å². The summed E-state index contributed by atoms with van der Waals surface area (Å²) in [5.41, 5.74) is 0. The van der Waals surface area contributed by atoms with Crippen LogP contribution in [-0.2, 0) is 11.3 Å². The fourth-order valence-electron chi connectivity index (χ4n) is 2.13. The highest BCUT2D eigenvalue weighted by Crippen LogP contribution is 2.07. The number of nitrogens with zero attached hydrogens (tertiary/aromatic N) is 2. The number of nitrogens with one attached hydrogen (secondary N) is 2. The summed E-state index contributed by atoms with van der Waals surface area (Å²) < 4.78 is 1.91. The molecule has 17 heavy (non-hydrogen) atoms. The van der Waals surface area contributed by atoms with Crippen LogP contribution in [0.1, 0.15) is 25.7 Å². The predicted molar refractivity (Wildman–Crippen MR) is 65.5 cm³/mol. The van der Waals surface area contributed by atoms with E-state index in [0.29, 0.717) is 19.0 Å². The fourth-order valence-corrected chi connectivity index (χ4v) is 2.13. The molecule has 0 spiro atoms. The van der Waals surface area contributed by atoms with Gasteiger partial charge in [-0.15, -0.1) is 0 Å². The zero-order chi connectivity index (χ0) is 11.9. The molecular formula is C12H20N4O. The molecule has 1 aliphatic rings. The first-order valence-electron chi connectivity index (χ1n) is 6.30. The van der Waals surface area contributed by atoms with Crippen molar-refractivity contribution in [1.82, 2.24) is 20.2 Å². The number of hydrogen-bond acceptors (Lipinski definition) is 3. The van der Waals surface area contributed by atoms with Crippen LogP contribution in [0.5, 0.6) is 0 Å². The van der Waals surface area contributed by atoms with Crippen molar-refractivity contribution in [1.29, 1.82) is 0 Å². The van der Waals surface area contributed by atoms with Crippen LogP contribution in [0.2, 0.25) is 0 Å². The van der Waals surface area contributed by atoms with E-state index in [1.54, 1.807) is 12.5 Å². The van der Waals surface area contributed by atoms with E-state index in [-0.39, 0.29) is 5.91 Å². The third-order valence-corrected chi connectivity index (χ3v) is 3.13. The number of rotatable bonds is 6. The molecule has 5 heteroatoms. The summed E-state index contributed by atoms with van der Waals surface area (Å²) in [7, 11) is 0. The Kier molecular flexibility index (Phi) is 4.55. The Hall–Kier alpha value is -1.36. The summed E-state index contributed by atoms with van der Waals surface area (Å²) in [6, 6.07) is 0.601. The van der Waals surface area contributed by atoms with E-state index in [1.165, 1.54) is 12.8 Å². The van der Waals surface area contributed by atoms with Gasteiger partial charge in [0.15, 0.2) is 0 Å². The zero-order valence-electron chi connectivity index (χ0n) is 10.1. The lowest BCUT2D eigenvalue weighted by Gasteiger charge is -2.10. The van der Waals surface area contributed by atoms with Crippen molar-refractivity contribution in [2.75, 3.05) is 13.1 Å². The molecule has 0 bridgehead atoms. The molecule has 1 aliphatic heterocycles. The first-order valence-corrected chi connectivity index (χ1v) is 6.30. The quantitative estimate of drug-likeness (QED) is 0.757. The van der Waals surface area contributed by atoms with Gasteiger partial charge in [-0.1, -0.05) is 0 Å². The number of carbonyl (C=O) groups is 1. The molecular weight excluding hydrogens is 216 g/mol. The smallest absolute Gasteiger partial charge is 0.221 e. The van der Waals surface area contributed by atoms with Crippen molar-refractivity contribution < 1.29 is 4.79 Å². The average Bonchev–Trinajstić information content (AvgIpc) is 2.99. The van der Waals surface area contributed by atoms with Crippen LogP contribution in [0.3, 0.4) is 0 Å². The van der Waals surface area contributed by atoms with Crippen molar-refractivity contribution in [2.45, 2.75) is 38.3 Å². The second kappa shape index (κ2) is 6.39. The van der Waals surface area contributed by atoms with Crippen molar-refractivity contribution in [3.8, 4) is 0 Å². The maximum absolute atomic E-state index is 11.5. The zero-order valence-corrected chi connectivity index (χ0v) is 10.1. The van der Waals surface area contributed by atoms with Gasteiger partial charge in [-0.25, -0.2) is 4.98 Å². The van der Waals surface area contributed by atoms with E-state index in [4.69, 9.17) is 0 Å². The standard InChI is InChI=1S/C12H20N4O/c17-12(4-8-16-9-7-13-10-16)15-6-3-11-2-1-5-14-11/h7,9-11,14H,1-6,8H2,(H,15,17)/t11-/m0/s1. The van der Waals surface area contributed by atoms with Gasteiger partial charge in [0.25, 0.3) is 0 Å². The minimum Gasteiger partial charge on any atom is -0.356 e. The van der Waals surface area contributed by atoms with E-state index in [9.17, 15) is 4.79 Å². The summed E-state index contributed by atoms with van der Waals surface area (Å²) in [5.74, 6) is 0.122. The number of aromatic nitrogens is 2. The number of carbonyl (C=O) groups excluding carboxylic acids is 1. The summed E-state index contributed by atoms with van der Waals surface area (Å²) in [4.78, 5) is 15.5. The van der Waals surface area contributed by atoms with Gasteiger partial charge in [0.2, 0.25) is 5.91 Å². The van der Waals surface area contributed by atoms with Crippen LogP contribution >= 0.6 is 0 Å². The maximum atomic E-state index is 11.5. The van der Waals surface area contributed by atoms with E-state index in [2.05, 4.69) is 15.6 Å². The lowest BCUT2D eigenvalue weighted by Crippen LogP contribution is -2.30. The Balaban J connectivity index is 1.54. The molecule has 1 aromatic heterocycles. The third kappa shape index (κ3) is 4.19. The molecule has 1 saturated heterocycles. The van der Waals surface area contributed by atoms with E-state index in [0.717, 1.165) is 19.5 Å². The minimum atomic E-state index is 0.122. The Morgan fingerprint density at radius 1 is 1.59 bits per heavy atom. The van der Waals surface area contributed by atoms with Gasteiger partial charge in [-0.3, -0.25) is 4.79 Å². The van der Waals surface area contributed by atoms with Crippen LogP contribution in [-0.4, -0.2) is 34.6 Å². The first-order chi connectivity index (χ1) is 8.34. The highest BCUT2D eigenvalue weighted by molar-refractivity contribution is 5.75. The number of hydrogen-bond donors (Lipinski definition) is 2. The molecule has 0 aromatic carbocycles. The van der Waals surface area contributed by atoms with E-state index >= 15 is 0 Å². The Morgan fingerprint density at radius 3 is 3.24 bits per heavy atom. The number of imidazole rings is 1. The monoisotopic (exact) mass is 236 g/mol. The largest absolute Gasteiger partial charge is 0.356 e. The molecule has 2 N–H and O–H groups in total. The predicted octanol–water partition coefficient (Wildman–Crippen LogP) is 0.531. The second-order valence-corrected chi connectivity index (χ2v) is 4.48. The Bertz CT molecular complexity index is 330. The minimum absolute atomic E-state index is 0.122. The lowest BCUT2D eigenvalue weighted by molar-refractivity contribution is -0.121. The van der Waals surface area contributed by atoms with Crippen molar-refractivity contribution >= 4 is 5.91 Å². The average molecular weight is 236 g/mol. The summed E-state index contributed by atoms with van der Waals surface area (Å²) >= 11 is 0. The summed E-state index contributed by atoms with van der Waals surface area (Å²) in [6.07, 6.45) is 9.39. The van der Waals surface area contributed by atoms with Gasteiger partial charge >= 0.3 is 0 Å². The lowest BCUT2D eigenvalue weighted by atomic mass is 10.1. The summed E-state index contributed by atoms with van der Waals surface area (Å²) in [5, 5.41) is 6.38. The number of aryl methyl sites for hydroxylation is 1. The summed E-state index contributed by atoms with van der Waals surface area (Å²) in [6.45, 7) is 2.60. The molecule has 1 atom stereocenters. The van der Waals surface area contributed by atoms with Crippen LogP contribution < -0.4 is 10.6 Å². The van der Waals surface area contributed by atoms with Crippen LogP contribution in [0, 0.1) is 0 Å². The van der Waals surface area contributed by atoms with Gasteiger partial charge < -0.3 is 15.2 Å². The van der Waals surface area contributed by atoms with Gasteiger partial charge in [0.1, 0.15) is 0 Å². The topological polar surface area (TPSA) is 59.0 Å². The van der Waals surface area contributed by atoms with E-state index in [1.807, 2.05) is 10.8 Å². The normalized spacial score (nSPS) is 19.4. The molecule has 1 fully saturated rings. The molecule has 94 valence electrons. The fraction of sp³-hybridized carbons (Fsp3) is 0.667. The highest BCUT2D eigenvalue weighted by atomic mass is 16.1. The van der Waals surface area contributed by atoms with Gasteiger partial charge in [-0.05, 0) is 25.8 Å². The molecule has 1 aromatic rings. The molecule has 5 nitrogen and oxygen atoms in total. The maximum Gasteiger partial charge on any atom is 0.221 e. The van der Waals surface area contributed by atoms with Gasteiger partial charge in [0.05, 0.1) is 6.33 Å². The van der Waals surface area contributed by atoms with Crippen molar-refractivity contribution in [2.24, 2.45) is 0 Å². The highest BCUT2D eigenvalue weighted by Gasteiger charge is 2.13. The van der Waals surface area contributed by atoms with E-state index < -0.39 is 0 Å². The molecule has 0 unspecified atom stereocenters. The molecule has 2 rings (SSSR count). The SMILES string of the molecule is O=C(CCn1ccnc1)NCC[C@@H]1CCCN1. The Labute approximate surface area is 102 Å². The third-order valence-electron chi connectivity index (χ3n) is 3.13. The molecule has 0 saturated carbocycles. The molecule has 2 heterocycles. The second-order valence-electron chi connectivity index (χ2n) is 4.48. The molecule has 0 aliphatic carbocycles. The van der Waals surface area contributed by atoms with Crippen molar-refractivity contribution in [3.05, 3.63) is 18.7 Å². The first kappa shape index (κ1) is 12.1. The van der Waals surface area contributed by atoms with Gasteiger partial charge in [-0.2, -0.15) is 0 Å². The van der Waals surface area contributed by atoms with Crippen LogP contribution in [0.15, 0.2) is 18.7 Å². The Morgan fingerprint density at radius 2 is 2.53 bits per heavy atom. The number of amides is 1.